The summed E-state index contributed by atoms with van der Waals surface area (Å²) in [6.45, 7) is 1.88. The minimum Gasteiger partial charge on any atom is -0.485 e. The van der Waals surface area contributed by atoms with Crippen LogP contribution in [-0.2, 0) is 13.2 Å². The van der Waals surface area contributed by atoms with Crippen LogP contribution in [0.1, 0.15) is 17.3 Å². The second kappa shape index (κ2) is 4.77. The summed E-state index contributed by atoms with van der Waals surface area (Å²) in [6.07, 6.45) is 0. The number of fused-ring (bicyclic) bond motifs is 1. The first-order chi connectivity index (χ1) is 9.26. The number of aryl methyl sites for hydroxylation is 1. The highest BCUT2D eigenvalue weighted by atomic mass is 16.7. The van der Waals surface area contributed by atoms with Crippen LogP contribution >= 0.6 is 0 Å². The molecule has 100 valence electrons. The highest BCUT2D eigenvalue weighted by Gasteiger charge is 2.18. The summed E-state index contributed by atoms with van der Waals surface area (Å²) in [5.41, 5.74) is 0.615. The Kier molecular flexibility index (Phi) is 2.96. The van der Waals surface area contributed by atoms with Gasteiger partial charge in [-0.05, 0) is 6.07 Å². The lowest BCUT2D eigenvalue weighted by molar-refractivity contribution is 0.173. The molecule has 0 saturated carbocycles. The molecule has 0 saturated heterocycles. The molecule has 0 bridgehead atoms. The minimum absolute atomic E-state index is 0.156. The molecule has 0 unspecified atom stereocenters. The number of nitrogens with zero attached hydrogens (tertiary/aromatic N) is 2. The van der Waals surface area contributed by atoms with Crippen molar-refractivity contribution in [1.82, 2.24) is 10.1 Å². The number of rotatable bonds is 4. The Balaban J connectivity index is 1.80. The van der Waals surface area contributed by atoms with Crippen molar-refractivity contribution in [2.24, 2.45) is 0 Å². The minimum atomic E-state index is -0.156. The van der Waals surface area contributed by atoms with Crippen LogP contribution in [0.15, 0.2) is 16.7 Å². The Morgan fingerprint density at radius 3 is 2.79 bits per heavy atom. The summed E-state index contributed by atoms with van der Waals surface area (Å²) < 4.78 is 20.9. The van der Waals surface area contributed by atoms with Gasteiger partial charge in [0.25, 0.3) is 0 Å². The molecule has 0 spiro atoms. The lowest BCUT2D eigenvalue weighted by atomic mass is 10.2. The fraction of sp³-hybridized carbons (Fsp3) is 0.333. The van der Waals surface area contributed by atoms with Crippen LogP contribution in [0, 0.1) is 6.92 Å². The normalized spacial score (nSPS) is 12.7. The van der Waals surface area contributed by atoms with E-state index in [9.17, 15) is 5.11 Å². The second-order valence-electron chi connectivity index (χ2n) is 3.99. The Morgan fingerprint density at radius 2 is 2.11 bits per heavy atom. The van der Waals surface area contributed by atoms with Crippen LogP contribution in [0.2, 0.25) is 0 Å². The maximum Gasteiger partial charge on any atom is 0.231 e. The number of benzene rings is 1. The van der Waals surface area contributed by atoms with E-state index in [0.29, 0.717) is 34.5 Å². The Hall–Kier alpha value is -2.28. The lowest BCUT2D eigenvalue weighted by Crippen LogP contribution is -2.00. The molecule has 1 N–H and O–H groups in total. The van der Waals surface area contributed by atoms with E-state index in [1.54, 1.807) is 19.1 Å². The molecule has 7 heteroatoms. The molecular weight excluding hydrogens is 252 g/mol. The number of aliphatic hydroxyl groups is 1. The fourth-order valence-electron chi connectivity index (χ4n) is 1.77. The highest BCUT2D eigenvalue weighted by Crippen LogP contribution is 2.38. The number of hydrogen-bond donors (Lipinski definition) is 1. The standard InChI is InChI=1S/C12H12N2O5/c1-7-13-12(14-19-7)5-16-9-3-11-10(17-6-18-11)2-8(9)4-15/h2-3,15H,4-6H2,1H3. The molecular formula is C12H12N2O5. The number of ether oxygens (including phenoxy) is 3. The van der Waals surface area contributed by atoms with Crippen LogP contribution in [-0.4, -0.2) is 22.0 Å². The highest BCUT2D eigenvalue weighted by molar-refractivity contribution is 5.51. The van der Waals surface area contributed by atoms with E-state index in [-0.39, 0.29) is 20.0 Å². The van der Waals surface area contributed by atoms with E-state index in [1.807, 2.05) is 0 Å². The zero-order valence-corrected chi connectivity index (χ0v) is 10.3. The molecule has 0 amide bonds. The topological polar surface area (TPSA) is 86.8 Å². The summed E-state index contributed by atoms with van der Waals surface area (Å²) in [5.74, 6) is 2.63. The zero-order chi connectivity index (χ0) is 13.2. The van der Waals surface area contributed by atoms with Gasteiger partial charge in [0.05, 0.1) is 6.61 Å². The summed E-state index contributed by atoms with van der Waals surface area (Å²) >= 11 is 0. The maximum absolute atomic E-state index is 9.32. The number of hydrogen-bond acceptors (Lipinski definition) is 7. The van der Waals surface area contributed by atoms with E-state index in [4.69, 9.17) is 18.7 Å². The van der Waals surface area contributed by atoms with Crippen molar-refractivity contribution in [2.45, 2.75) is 20.1 Å². The largest absolute Gasteiger partial charge is 0.485 e. The van der Waals surface area contributed by atoms with Gasteiger partial charge in [-0.25, -0.2) is 0 Å². The Labute approximate surface area is 108 Å². The molecule has 3 rings (SSSR count). The van der Waals surface area contributed by atoms with Crippen molar-refractivity contribution in [2.75, 3.05) is 6.79 Å². The predicted octanol–water partition coefficient (Wildman–Crippen LogP) is 1.18. The molecule has 2 aromatic rings. The van der Waals surface area contributed by atoms with Gasteiger partial charge in [-0.15, -0.1) is 0 Å². The fourth-order valence-corrected chi connectivity index (χ4v) is 1.77. The smallest absolute Gasteiger partial charge is 0.231 e. The van der Waals surface area contributed by atoms with E-state index in [1.165, 1.54) is 0 Å². The van der Waals surface area contributed by atoms with Crippen molar-refractivity contribution >= 4 is 0 Å². The average molecular weight is 264 g/mol. The van der Waals surface area contributed by atoms with E-state index >= 15 is 0 Å². The third-order valence-electron chi connectivity index (χ3n) is 2.65. The number of aromatic nitrogens is 2. The molecule has 2 heterocycles. The molecule has 0 radical (unpaired) electrons. The predicted molar refractivity (Wildman–Crippen MR) is 61.9 cm³/mol. The third kappa shape index (κ3) is 2.32. The van der Waals surface area contributed by atoms with E-state index in [0.717, 1.165) is 0 Å². The second-order valence-corrected chi connectivity index (χ2v) is 3.99. The third-order valence-corrected chi connectivity index (χ3v) is 2.65. The van der Waals surface area contributed by atoms with E-state index in [2.05, 4.69) is 10.1 Å². The van der Waals surface area contributed by atoms with Crippen molar-refractivity contribution in [3.63, 3.8) is 0 Å². The monoisotopic (exact) mass is 264 g/mol. The molecule has 1 aromatic heterocycles. The first kappa shape index (κ1) is 11.8. The number of aliphatic hydroxyl groups excluding tert-OH is 1. The van der Waals surface area contributed by atoms with Gasteiger partial charge in [0.15, 0.2) is 18.1 Å². The van der Waals surface area contributed by atoms with Gasteiger partial charge in [-0.2, -0.15) is 4.98 Å². The van der Waals surface area contributed by atoms with Gasteiger partial charge in [0.1, 0.15) is 5.75 Å². The summed E-state index contributed by atoms with van der Waals surface area (Å²) in [7, 11) is 0. The van der Waals surface area contributed by atoms with Gasteiger partial charge in [-0.3, -0.25) is 0 Å². The lowest BCUT2D eigenvalue weighted by Gasteiger charge is -2.09. The molecule has 1 aromatic carbocycles. The van der Waals surface area contributed by atoms with Crippen LogP contribution in [0.25, 0.3) is 0 Å². The van der Waals surface area contributed by atoms with E-state index < -0.39 is 0 Å². The van der Waals surface area contributed by atoms with Crippen molar-refractivity contribution < 1.29 is 23.8 Å². The SMILES string of the molecule is Cc1nc(COc2cc3c(cc2CO)OCO3)no1. The summed E-state index contributed by atoms with van der Waals surface area (Å²) in [5, 5.41) is 13.1. The molecule has 0 fully saturated rings. The molecule has 0 aliphatic carbocycles. The Bertz CT molecular complexity index is 596. The van der Waals surface area contributed by atoms with Gasteiger partial charge in [0.2, 0.25) is 18.5 Å². The van der Waals surface area contributed by atoms with Crippen molar-refractivity contribution in [1.29, 1.82) is 0 Å². The maximum atomic E-state index is 9.32. The Morgan fingerprint density at radius 1 is 1.32 bits per heavy atom. The molecule has 0 atom stereocenters. The quantitative estimate of drug-likeness (QED) is 0.887. The average Bonchev–Trinajstić information content (AvgIpc) is 3.03. The van der Waals surface area contributed by atoms with Gasteiger partial charge in [-0.1, -0.05) is 5.16 Å². The first-order valence-corrected chi connectivity index (χ1v) is 5.71. The van der Waals surface area contributed by atoms with Crippen LogP contribution in [0.4, 0.5) is 0 Å². The molecule has 7 nitrogen and oxygen atoms in total. The van der Waals surface area contributed by atoms with Crippen molar-refractivity contribution in [3.05, 3.63) is 29.4 Å². The van der Waals surface area contributed by atoms with Crippen LogP contribution in [0.5, 0.6) is 17.2 Å². The van der Waals surface area contributed by atoms with Gasteiger partial charge < -0.3 is 23.8 Å². The molecule has 1 aliphatic rings. The van der Waals surface area contributed by atoms with Gasteiger partial charge in [0, 0.05) is 18.6 Å². The summed E-state index contributed by atoms with van der Waals surface area (Å²) in [6, 6.07) is 3.37. The summed E-state index contributed by atoms with van der Waals surface area (Å²) in [4.78, 5) is 4.03. The molecule has 1 aliphatic heterocycles. The first-order valence-electron chi connectivity index (χ1n) is 5.71. The van der Waals surface area contributed by atoms with Crippen LogP contribution < -0.4 is 14.2 Å². The zero-order valence-electron chi connectivity index (χ0n) is 10.3. The van der Waals surface area contributed by atoms with Crippen LogP contribution in [0.3, 0.4) is 0 Å². The molecule has 19 heavy (non-hydrogen) atoms. The van der Waals surface area contributed by atoms with Gasteiger partial charge >= 0.3 is 0 Å². The van der Waals surface area contributed by atoms with Crippen molar-refractivity contribution in [3.8, 4) is 17.2 Å².